The van der Waals surface area contributed by atoms with E-state index >= 15 is 0 Å². The van der Waals surface area contributed by atoms with Crippen molar-refractivity contribution in [2.75, 3.05) is 19.1 Å². The quantitative estimate of drug-likeness (QED) is 0.624. The Morgan fingerprint density at radius 2 is 1.84 bits per heavy atom. The first kappa shape index (κ1) is 21.7. The molecule has 166 valence electrons. The highest BCUT2D eigenvalue weighted by Gasteiger charge is 2.33. The summed E-state index contributed by atoms with van der Waals surface area (Å²) in [6.07, 6.45) is 6.45. The van der Waals surface area contributed by atoms with Crippen molar-refractivity contribution < 1.29 is 9.53 Å². The monoisotopic (exact) mass is 430 g/mol. The third-order valence-corrected chi connectivity index (χ3v) is 5.86. The number of nitrogens with one attached hydrogen (secondary N) is 2. The Morgan fingerprint density at radius 1 is 1.09 bits per heavy atom. The van der Waals surface area contributed by atoms with Crippen LogP contribution >= 0.6 is 0 Å². The lowest BCUT2D eigenvalue weighted by atomic mass is 10.0. The number of likely N-dealkylation sites (N-methyl/N-ethyl adjacent to an activating group) is 1. The van der Waals surface area contributed by atoms with Crippen LogP contribution in [0.5, 0.6) is 5.75 Å². The lowest BCUT2D eigenvalue weighted by Crippen LogP contribution is -2.43. The molecule has 1 aromatic heterocycles. The number of aromatic amines is 1. The van der Waals surface area contributed by atoms with Crippen molar-refractivity contribution in [2.24, 2.45) is 0 Å². The van der Waals surface area contributed by atoms with E-state index in [9.17, 15) is 4.79 Å². The molecule has 1 atom stereocenters. The van der Waals surface area contributed by atoms with E-state index in [-0.39, 0.29) is 11.9 Å². The van der Waals surface area contributed by atoms with Gasteiger partial charge in [0.1, 0.15) is 11.8 Å². The molecule has 0 spiro atoms. The van der Waals surface area contributed by atoms with Gasteiger partial charge in [-0.25, -0.2) is 0 Å². The van der Waals surface area contributed by atoms with Crippen LogP contribution in [0.1, 0.15) is 37.8 Å². The van der Waals surface area contributed by atoms with Crippen LogP contribution in [0.3, 0.4) is 0 Å². The predicted molar refractivity (Wildman–Crippen MR) is 129 cm³/mol. The van der Waals surface area contributed by atoms with Gasteiger partial charge in [-0.1, -0.05) is 38.1 Å². The molecule has 1 aliphatic carbocycles. The summed E-state index contributed by atoms with van der Waals surface area (Å²) >= 11 is 0. The van der Waals surface area contributed by atoms with E-state index < -0.39 is 0 Å². The fraction of sp³-hybridized carbons (Fsp3) is 0.308. The molecule has 2 heterocycles. The number of fused-ring (bicyclic) bond motifs is 1. The van der Waals surface area contributed by atoms with E-state index in [0.717, 1.165) is 52.2 Å². The van der Waals surface area contributed by atoms with Crippen LogP contribution < -0.4 is 15.0 Å². The minimum atomic E-state index is -0.323. The number of rotatable bonds is 4. The Kier molecular flexibility index (Phi) is 6.30. The number of H-pyrrole nitrogens is 1. The normalized spacial score (nSPS) is 17.1. The number of aromatic nitrogens is 2. The molecule has 1 amide bonds. The minimum absolute atomic E-state index is 0.0663. The first-order valence-electron chi connectivity index (χ1n) is 11.2. The maximum atomic E-state index is 13.3. The van der Waals surface area contributed by atoms with Gasteiger partial charge in [-0.15, -0.1) is 0 Å². The molecule has 2 N–H and O–H groups in total. The molecule has 32 heavy (non-hydrogen) atoms. The number of benzene rings is 2. The highest BCUT2D eigenvalue weighted by atomic mass is 16.5. The average Bonchev–Trinajstić information content (AvgIpc) is 3.55. The zero-order valence-corrected chi connectivity index (χ0v) is 19.1. The van der Waals surface area contributed by atoms with Gasteiger partial charge in [-0.2, -0.15) is 5.10 Å². The van der Waals surface area contributed by atoms with Crippen LogP contribution in [-0.2, 0) is 11.2 Å². The SMILES string of the molecule is CC.COc1ccc2c(c1)C(=C1CC1)NC(Cc1ccc(-c3cn[nH]c3)cc1)C(=O)N2C. The van der Waals surface area contributed by atoms with Gasteiger partial charge < -0.3 is 15.0 Å². The largest absolute Gasteiger partial charge is 0.497 e. The molecule has 0 bridgehead atoms. The number of nitrogens with zero attached hydrogens (tertiary/aromatic N) is 2. The van der Waals surface area contributed by atoms with Crippen molar-refractivity contribution in [1.29, 1.82) is 0 Å². The van der Waals surface area contributed by atoms with E-state index in [1.165, 1.54) is 5.57 Å². The third kappa shape index (κ3) is 4.26. The Labute approximate surface area is 189 Å². The number of amides is 1. The molecule has 6 heteroatoms. The summed E-state index contributed by atoms with van der Waals surface area (Å²) in [5.41, 5.74) is 7.68. The second kappa shape index (κ2) is 9.30. The van der Waals surface area contributed by atoms with Gasteiger partial charge in [-0.05, 0) is 47.7 Å². The zero-order chi connectivity index (χ0) is 22.7. The molecule has 2 aliphatic rings. The van der Waals surface area contributed by atoms with Crippen LogP contribution in [0.2, 0.25) is 0 Å². The average molecular weight is 431 g/mol. The number of carbonyl (C=O) groups excluding carboxylic acids is 1. The van der Waals surface area contributed by atoms with Crippen molar-refractivity contribution in [1.82, 2.24) is 15.5 Å². The van der Waals surface area contributed by atoms with Gasteiger partial charge in [0, 0.05) is 36.5 Å². The Bertz CT molecular complexity index is 1110. The summed E-state index contributed by atoms with van der Waals surface area (Å²) in [5, 5.41) is 10.4. The van der Waals surface area contributed by atoms with E-state index in [1.807, 2.05) is 45.3 Å². The van der Waals surface area contributed by atoms with Crippen LogP contribution in [0.4, 0.5) is 5.69 Å². The maximum Gasteiger partial charge on any atom is 0.249 e. The first-order chi connectivity index (χ1) is 15.6. The Balaban J connectivity index is 0.00000119. The number of carbonyl (C=O) groups is 1. The fourth-order valence-corrected chi connectivity index (χ4v) is 4.02. The molecular weight excluding hydrogens is 400 g/mol. The van der Waals surface area contributed by atoms with Crippen molar-refractivity contribution in [3.05, 3.63) is 71.6 Å². The van der Waals surface area contributed by atoms with Gasteiger partial charge in [-0.3, -0.25) is 9.89 Å². The zero-order valence-electron chi connectivity index (χ0n) is 19.1. The number of methoxy groups -OCH3 is 1. The fourth-order valence-electron chi connectivity index (χ4n) is 4.02. The summed E-state index contributed by atoms with van der Waals surface area (Å²) in [4.78, 5) is 15.1. The van der Waals surface area contributed by atoms with Crippen LogP contribution in [0.15, 0.2) is 60.4 Å². The summed E-state index contributed by atoms with van der Waals surface area (Å²) < 4.78 is 5.44. The molecule has 2 aromatic carbocycles. The highest BCUT2D eigenvalue weighted by molar-refractivity contribution is 6.03. The first-order valence-corrected chi connectivity index (χ1v) is 11.2. The molecule has 0 radical (unpaired) electrons. The number of allylic oxidation sites excluding steroid dienone is 1. The number of anilines is 1. The summed E-state index contributed by atoms with van der Waals surface area (Å²) in [6.45, 7) is 4.00. The highest BCUT2D eigenvalue weighted by Crippen LogP contribution is 2.41. The number of ether oxygens (including phenoxy) is 1. The second-order valence-electron chi connectivity index (χ2n) is 7.84. The summed E-state index contributed by atoms with van der Waals surface area (Å²) in [7, 11) is 3.52. The second-order valence-corrected chi connectivity index (χ2v) is 7.84. The topological polar surface area (TPSA) is 70.2 Å². The number of hydrogen-bond donors (Lipinski definition) is 2. The van der Waals surface area contributed by atoms with Gasteiger partial charge in [0.2, 0.25) is 5.91 Å². The molecule has 1 aliphatic heterocycles. The van der Waals surface area contributed by atoms with Gasteiger partial charge >= 0.3 is 0 Å². The molecule has 6 nitrogen and oxygen atoms in total. The van der Waals surface area contributed by atoms with Crippen molar-refractivity contribution in [2.45, 2.75) is 39.2 Å². The molecule has 1 fully saturated rings. The van der Waals surface area contributed by atoms with E-state index in [4.69, 9.17) is 4.74 Å². The van der Waals surface area contributed by atoms with E-state index in [0.29, 0.717) is 6.42 Å². The van der Waals surface area contributed by atoms with Crippen molar-refractivity contribution >= 4 is 17.3 Å². The van der Waals surface area contributed by atoms with Crippen molar-refractivity contribution in [3.8, 4) is 16.9 Å². The lowest BCUT2D eigenvalue weighted by Gasteiger charge is -2.21. The van der Waals surface area contributed by atoms with Crippen LogP contribution in [0, 0.1) is 0 Å². The molecule has 3 aromatic rings. The van der Waals surface area contributed by atoms with Crippen LogP contribution in [0.25, 0.3) is 16.8 Å². The standard InChI is InChI=1S/C24H24N4O2.C2H6/c1-28-22-10-9-19(30-2)12-20(22)23(17-7-8-17)27-21(24(28)29)11-15-3-5-16(6-4-15)18-13-25-26-14-18;1-2/h3-6,9-10,12-14,21,27H,7-8,11H2,1-2H3,(H,25,26);1-2H3. The molecule has 0 saturated heterocycles. The third-order valence-electron chi connectivity index (χ3n) is 5.86. The van der Waals surface area contributed by atoms with Crippen molar-refractivity contribution in [3.63, 3.8) is 0 Å². The molecule has 1 saturated carbocycles. The predicted octanol–water partition coefficient (Wildman–Crippen LogP) is 4.79. The lowest BCUT2D eigenvalue weighted by molar-refractivity contribution is -0.119. The molecule has 5 rings (SSSR count). The van der Waals surface area contributed by atoms with Gasteiger partial charge in [0.15, 0.2) is 0 Å². The van der Waals surface area contributed by atoms with Gasteiger partial charge in [0.25, 0.3) is 0 Å². The molecular formula is C26H30N4O2. The van der Waals surface area contributed by atoms with E-state index in [1.54, 1.807) is 18.2 Å². The molecule has 1 unspecified atom stereocenters. The summed E-state index contributed by atoms with van der Waals surface area (Å²) in [6, 6.07) is 13.9. The summed E-state index contributed by atoms with van der Waals surface area (Å²) in [5.74, 6) is 0.861. The van der Waals surface area contributed by atoms with Gasteiger partial charge in [0.05, 0.1) is 19.0 Å². The van der Waals surface area contributed by atoms with E-state index in [2.05, 4.69) is 39.8 Å². The Morgan fingerprint density at radius 3 is 2.47 bits per heavy atom. The Hall–Kier alpha value is -3.54. The van der Waals surface area contributed by atoms with Crippen LogP contribution in [-0.4, -0.2) is 36.3 Å². The number of hydrogen-bond acceptors (Lipinski definition) is 4. The maximum absolute atomic E-state index is 13.3. The smallest absolute Gasteiger partial charge is 0.249 e. The minimum Gasteiger partial charge on any atom is -0.497 e.